The Kier molecular flexibility index (Phi) is 2.78. The zero-order chi connectivity index (χ0) is 13.6. The predicted octanol–water partition coefficient (Wildman–Crippen LogP) is 0.904. The van der Waals surface area contributed by atoms with Crippen LogP contribution in [0.4, 0.5) is 5.69 Å². The molecule has 102 valence electrons. The molecular formula is C12H16N4O3. The molecule has 1 aliphatic heterocycles. The number of likely N-dealkylation sites (tertiary alicyclic amines) is 1. The quantitative estimate of drug-likeness (QED) is 0.648. The van der Waals surface area contributed by atoms with Gasteiger partial charge in [-0.05, 0) is 19.3 Å². The molecule has 2 fully saturated rings. The van der Waals surface area contributed by atoms with Gasteiger partial charge in [0.15, 0.2) is 0 Å². The average molecular weight is 264 g/mol. The lowest BCUT2D eigenvalue weighted by molar-refractivity contribution is -0.384. The molecule has 19 heavy (non-hydrogen) atoms. The number of carbonyl (C=O) groups excluding carboxylic acids is 1. The van der Waals surface area contributed by atoms with Crippen LogP contribution in [0.15, 0.2) is 12.3 Å². The van der Waals surface area contributed by atoms with Crippen LogP contribution < -0.4 is 5.73 Å². The highest BCUT2D eigenvalue weighted by molar-refractivity contribution is 5.94. The van der Waals surface area contributed by atoms with E-state index in [9.17, 15) is 14.9 Å². The van der Waals surface area contributed by atoms with E-state index in [1.165, 1.54) is 12.3 Å². The van der Waals surface area contributed by atoms with Crippen molar-refractivity contribution in [2.45, 2.75) is 31.3 Å². The fraction of sp³-hybridized carbons (Fsp3) is 0.583. The van der Waals surface area contributed by atoms with Crippen LogP contribution in [0.3, 0.4) is 0 Å². The third kappa shape index (κ3) is 2.21. The third-order valence-corrected chi connectivity index (χ3v) is 3.72. The van der Waals surface area contributed by atoms with Gasteiger partial charge in [0.2, 0.25) is 0 Å². The summed E-state index contributed by atoms with van der Waals surface area (Å²) in [6, 6.07) is 1.64. The summed E-state index contributed by atoms with van der Waals surface area (Å²) in [6.07, 6.45) is 4.22. The first-order chi connectivity index (χ1) is 9.06. The molecule has 1 saturated carbocycles. The largest absolute Gasteiger partial charge is 0.336 e. The standard InChI is InChI=1S/C12H16N4O3/c13-8-3-4-14(6-8)12(17)11-5-10(16(18)19)7-15(11)9-1-2-9/h5,7-9H,1-4,6,13H2/t8-/m0/s1. The van der Waals surface area contributed by atoms with Crippen molar-refractivity contribution in [3.63, 3.8) is 0 Å². The van der Waals surface area contributed by atoms with Crippen LogP contribution >= 0.6 is 0 Å². The summed E-state index contributed by atoms with van der Waals surface area (Å²) in [5.74, 6) is -0.145. The van der Waals surface area contributed by atoms with E-state index >= 15 is 0 Å². The van der Waals surface area contributed by atoms with E-state index in [0.29, 0.717) is 18.8 Å². The number of hydrogen-bond acceptors (Lipinski definition) is 4. The Morgan fingerprint density at radius 2 is 2.16 bits per heavy atom. The van der Waals surface area contributed by atoms with Crippen LogP contribution in [0.25, 0.3) is 0 Å². The van der Waals surface area contributed by atoms with Crippen molar-refractivity contribution >= 4 is 11.6 Å². The van der Waals surface area contributed by atoms with E-state index in [0.717, 1.165) is 19.3 Å². The normalized spacial score (nSPS) is 22.8. The zero-order valence-electron chi connectivity index (χ0n) is 10.5. The Morgan fingerprint density at radius 3 is 2.68 bits per heavy atom. The molecule has 1 saturated heterocycles. The van der Waals surface area contributed by atoms with Crippen molar-refractivity contribution in [1.82, 2.24) is 9.47 Å². The monoisotopic (exact) mass is 264 g/mol. The van der Waals surface area contributed by atoms with Crippen LogP contribution in [0, 0.1) is 10.1 Å². The second-order valence-corrected chi connectivity index (χ2v) is 5.28. The van der Waals surface area contributed by atoms with Crippen molar-refractivity contribution in [2.24, 2.45) is 5.73 Å². The number of nitro groups is 1. The molecule has 2 heterocycles. The number of rotatable bonds is 3. The molecule has 1 aliphatic carbocycles. The van der Waals surface area contributed by atoms with Gasteiger partial charge in [0, 0.05) is 31.2 Å². The molecule has 1 amide bonds. The summed E-state index contributed by atoms with van der Waals surface area (Å²) in [5, 5.41) is 10.9. The summed E-state index contributed by atoms with van der Waals surface area (Å²) in [7, 11) is 0. The summed E-state index contributed by atoms with van der Waals surface area (Å²) in [5.41, 5.74) is 6.20. The SMILES string of the molecule is N[C@H]1CCN(C(=O)c2cc([N+](=O)[O-])cn2C2CC2)C1. The van der Waals surface area contributed by atoms with Crippen molar-refractivity contribution in [1.29, 1.82) is 0 Å². The Hall–Kier alpha value is -1.89. The molecule has 0 radical (unpaired) electrons. The minimum Gasteiger partial charge on any atom is -0.336 e. The van der Waals surface area contributed by atoms with Gasteiger partial charge in [0.05, 0.1) is 11.1 Å². The molecule has 1 atom stereocenters. The molecule has 7 heteroatoms. The molecule has 0 aromatic carbocycles. The van der Waals surface area contributed by atoms with E-state index in [-0.39, 0.29) is 23.7 Å². The minimum atomic E-state index is -0.453. The fourth-order valence-electron chi connectivity index (χ4n) is 2.52. The molecule has 2 aliphatic rings. The summed E-state index contributed by atoms with van der Waals surface area (Å²) >= 11 is 0. The van der Waals surface area contributed by atoms with E-state index in [1.807, 2.05) is 0 Å². The summed E-state index contributed by atoms with van der Waals surface area (Å²) in [6.45, 7) is 1.16. The smallest absolute Gasteiger partial charge is 0.287 e. The maximum atomic E-state index is 12.4. The molecule has 0 bridgehead atoms. The maximum absolute atomic E-state index is 12.4. The Bertz CT molecular complexity index is 535. The van der Waals surface area contributed by atoms with Gasteiger partial charge < -0.3 is 15.2 Å². The summed E-state index contributed by atoms with van der Waals surface area (Å²) < 4.78 is 1.75. The predicted molar refractivity (Wildman–Crippen MR) is 67.9 cm³/mol. The number of hydrogen-bond donors (Lipinski definition) is 1. The van der Waals surface area contributed by atoms with Crippen LogP contribution in [-0.2, 0) is 0 Å². The summed E-state index contributed by atoms with van der Waals surface area (Å²) in [4.78, 5) is 24.5. The van der Waals surface area contributed by atoms with Crippen molar-refractivity contribution in [3.05, 3.63) is 28.1 Å². The molecule has 0 unspecified atom stereocenters. The van der Waals surface area contributed by atoms with Gasteiger partial charge >= 0.3 is 0 Å². The van der Waals surface area contributed by atoms with Gasteiger partial charge in [-0.15, -0.1) is 0 Å². The van der Waals surface area contributed by atoms with Crippen molar-refractivity contribution in [2.75, 3.05) is 13.1 Å². The van der Waals surface area contributed by atoms with Crippen molar-refractivity contribution in [3.8, 4) is 0 Å². The van der Waals surface area contributed by atoms with E-state index in [2.05, 4.69) is 0 Å². The van der Waals surface area contributed by atoms with Crippen LogP contribution in [0.1, 0.15) is 35.8 Å². The van der Waals surface area contributed by atoms with Gasteiger partial charge in [-0.1, -0.05) is 0 Å². The third-order valence-electron chi connectivity index (χ3n) is 3.72. The number of carbonyl (C=O) groups is 1. The number of nitrogens with two attached hydrogens (primary N) is 1. The lowest BCUT2D eigenvalue weighted by Gasteiger charge is -2.16. The first kappa shape index (κ1) is 12.2. The average Bonchev–Trinajstić information content (AvgIpc) is 2.96. The highest BCUT2D eigenvalue weighted by atomic mass is 16.6. The number of amides is 1. The lowest BCUT2D eigenvalue weighted by Crippen LogP contribution is -2.33. The topological polar surface area (TPSA) is 94.4 Å². The molecule has 1 aromatic heterocycles. The Balaban J connectivity index is 1.90. The van der Waals surface area contributed by atoms with Gasteiger partial charge in [-0.3, -0.25) is 14.9 Å². The first-order valence-corrected chi connectivity index (χ1v) is 6.47. The first-order valence-electron chi connectivity index (χ1n) is 6.47. The second-order valence-electron chi connectivity index (χ2n) is 5.28. The molecule has 7 nitrogen and oxygen atoms in total. The molecule has 2 N–H and O–H groups in total. The Morgan fingerprint density at radius 1 is 1.42 bits per heavy atom. The zero-order valence-corrected chi connectivity index (χ0v) is 10.5. The number of aromatic nitrogens is 1. The molecular weight excluding hydrogens is 248 g/mol. The van der Waals surface area contributed by atoms with E-state index in [4.69, 9.17) is 5.73 Å². The Labute approximate surface area is 110 Å². The van der Waals surface area contributed by atoms with Gasteiger partial charge in [-0.25, -0.2) is 0 Å². The van der Waals surface area contributed by atoms with E-state index < -0.39 is 4.92 Å². The second kappa shape index (κ2) is 4.34. The molecule has 1 aromatic rings. The number of nitrogens with zero attached hydrogens (tertiary/aromatic N) is 3. The van der Waals surface area contributed by atoms with Gasteiger partial charge in [0.1, 0.15) is 5.69 Å². The fourth-order valence-corrected chi connectivity index (χ4v) is 2.52. The van der Waals surface area contributed by atoms with Gasteiger partial charge in [0.25, 0.3) is 11.6 Å². The van der Waals surface area contributed by atoms with E-state index in [1.54, 1.807) is 9.47 Å². The maximum Gasteiger partial charge on any atom is 0.287 e. The van der Waals surface area contributed by atoms with Crippen LogP contribution in [0.5, 0.6) is 0 Å². The van der Waals surface area contributed by atoms with Crippen LogP contribution in [-0.4, -0.2) is 39.4 Å². The highest BCUT2D eigenvalue weighted by Crippen LogP contribution is 2.38. The molecule has 0 spiro atoms. The highest BCUT2D eigenvalue weighted by Gasteiger charge is 2.33. The molecule has 3 rings (SSSR count). The van der Waals surface area contributed by atoms with Crippen LogP contribution in [0.2, 0.25) is 0 Å². The van der Waals surface area contributed by atoms with Crippen molar-refractivity contribution < 1.29 is 9.72 Å². The minimum absolute atomic E-state index is 0.0151. The van der Waals surface area contributed by atoms with Gasteiger partial charge in [-0.2, -0.15) is 0 Å². The lowest BCUT2D eigenvalue weighted by atomic mass is 10.3.